The van der Waals surface area contributed by atoms with Gasteiger partial charge in [-0.3, -0.25) is 0 Å². The van der Waals surface area contributed by atoms with Crippen LogP contribution in [0.2, 0.25) is 0 Å². The first-order chi connectivity index (χ1) is 11.1. The van der Waals surface area contributed by atoms with Crippen LogP contribution in [0.5, 0.6) is 0 Å². The molecule has 0 unspecified atom stereocenters. The van der Waals surface area contributed by atoms with Crippen LogP contribution in [0.1, 0.15) is 4.88 Å². The van der Waals surface area contributed by atoms with Crippen molar-refractivity contribution < 1.29 is 22.0 Å². The molecule has 0 radical (unpaired) electrons. The molecule has 2 aromatic rings. The van der Waals surface area contributed by atoms with Crippen molar-refractivity contribution in [1.82, 2.24) is 0 Å². The summed E-state index contributed by atoms with van der Waals surface area (Å²) in [5.74, 6) is -2.16. The number of thiophene rings is 1. The first-order valence-electron chi connectivity index (χ1n) is 6.53. The summed E-state index contributed by atoms with van der Waals surface area (Å²) >= 11 is 1.17. The van der Waals surface area contributed by atoms with Gasteiger partial charge < -0.3 is 11.5 Å². The average molecular weight is 361 g/mol. The largest absolute Gasteiger partial charge is 0.435 e. The van der Waals surface area contributed by atoms with Crippen LogP contribution >= 0.6 is 11.3 Å². The lowest BCUT2D eigenvalue weighted by molar-refractivity contribution is -0.0582. The maximum absolute atomic E-state index is 14.1. The Labute approximate surface area is 138 Å². The lowest BCUT2D eigenvalue weighted by Crippen LogP contribution is -2.29. The van der Waals surface area contributed by atoms with Crippen LogP contribution in [-0.2, 0) is 0 Å². The molecule has 0 saturated heterocycles. The summed E-state index contributed by atoms with van der Waals surface area (Å²) in [6, 6.07) is 4.60. The first-order valence-corrected chi connectivity index (χ1v) is 7.34. The van der Waals surface area contributed by atoms with Gasteiger partial charge in [0.25, 0.3) is 0 Å². The van der Waals surface area contributed by atoms with E-state index < -0.39 is 34.9 Å². The number of nitrogens with two attached hydrogens (primary N) is 2. The van der Waals surface area contributed by atoms with Gasteiger partial charge in [0.1, 0.15) is 11.5 Å². The Bertz CT molecular complexity index is 821. The van der Waals surface area contributed by atoms with E-state index in [-0.39, 0.29) is 5.56 Å². The molecule has 9 heteroatoms. The molecule has 4 N–H and O–H groups in total. The molecule has 24 heavy (non-hydrogen) atoms. The van der Waals surface area contributed by atoms with Crippen molar-refractivity contribution in [3.8, 4) is 10.4 Å². The van der Waals surface area contributed by atoms with E-state index in [9.17, 15) is 22.0 Å². The monoisotopic (exact) mass is 361 g/mol. The van der Waals surface area contributed by atoms with E-state index in [1.807, 2.05) is 0 Å². The molecule has 0 fully saturated rings. The topological polar surface area (TPSA) is 64.4 Å². The second-order valence-corrected chi connectivity index (χ2v) is 6.06. The van der Waals surface area contributed by atoms with Gasteiger partial charge in [-0.2, -0.15) is 13.2 Å². The number of alkyl halides is 3. The summed E-state index contributed by atoms with van der Waals surface area (Å²) in [6.45, 7) is 1.75. The number of allylic oxidation sites excluding steroid dienone is 1. The summed E-state index contributed by atoms with van der Waals surface area (Å²) in [4.78, 5) is 4.51. The standard InChI is InChI=1S/C15H12F5N3S/c1-7-2-3-12(24-7)9-4-8(16)5-10(17)13(9)23-14(11(22)6-21)15(18,19)20/h2-6H,21-22H2,1H3. The van der Waals surface area contributed by atoms with Gasteiger partial charge >= 0.3 is 6.18 Å². The van der Waals surface area contributed by atoms with Crippen molar-refractivity contribution in [3.63, 3.8) is 0 Å². The average Bonchev–Trinajstić information content (AvgIpc) is 2.90. The number of benzene rings is 1. The Kier molecular flexibility index (Phi) is 4.93. The first kappa shape index (κ1) is 17.9. The minimum atomic E-state index is -4.95. The molecule has 0 saturated carbocycles. The van der Waals surface area contributed by atoms with Crippen LogP contribution < -0.4 is 11.5 Å². The van der Waals surface area contributed by atoms with Crippen LogP contribution in [0, 0.1) is 18.6 Å². The number of hydrogen-bond acceptors (Lipinski definition) is 4. The molecule has 0 amide bonds. The molecule has 1 aromatic heterocycles. The summed E-state index contributed by atoms with van der Waals surface area (Å²) < 4.78 is 66.9. The van der Waals surface area contributed by atoms with Crippen LogP contribution in [0.15, 0.2) is 41.2 Å². The zero-order valence-electron chi connectivity index (χ0n) is 12.3. The van der Waals surface area contributed by atoms with Crippen LogP contribution in [0.3, 0.4) is 0 Å². The number of aryl methyl sites for hydroxylation is 1. The predicted octanol–water partition coefficient (Wildman–Crippen LogP) is 4.40. The number of rotatable bonds is 3. The quantitative estimate of drug-likeness (QED) is 0.629. The molecule has 1 aromatic carbocycles. The molecule has 0 spiro atoms. The fraction of sp³-hybridized carbons (Fsp3) is 0.133. The minimum absolute atomic E-state index is 0.0998. The van der Waals surface area contributed by atoms with E-state index in [1.165, 1.54) is 11.3 Å². The summed E-state index contributed by atoms with van der Waals surface area (Å²) in [5.41, 5.74) is 7.06. The summed E-state index contributed by atoms with van der Waals surface area (Å²) in [6.07, 6.45) is -4.44. The molecule has 0 aliphatic carbocycles. The number of aliphatic imine (C=N–C) groups is 1. The zero-order chi connectivity index (χ0) is 18.1. The van der Waals surface area contributed by atoms with E-state index in [0.29, 0.717) is 17.1 Å². The van der Waals surface area contributed by atoms with Gasteiger partial charge in [-0.15, -0.1) is 11.3 Å². The van der Waals surface area contributed by atoms with E-state index in [2.05, 4.69) is 4.99 Å². The molecular weight excluding hydrogens is 349 g/mol. The van der Waals surface area contributed by atoms with Gasteiger partial charge in [-0.1, -0.05) is 0 Å². The summed E-state index contributed by atoms with van der Waals surface area (Å²) in [7, 11) is 0. The lowest BCUT2D eigenvalue weighted by atomic mass is 10.1. The third-order valence-electron chi connectivity index (χ3n) is 2.98. The van der Waals surface area contributed by atoms with Crippen molar-refractivity contribution in [2.24, 2.45) is 16.5 Å². The lowest BCUT2D eigenvalue weighted by Gasteiger charge is -2.12. The van der Waals surface area contributed by atoms with Gasteiger partial charge in [0, 0.05) is 27.6 Å². The fourth-order valence-corrected chi connectivity index (χ4v) is 2.81. The SMILES string of the molecule is Cc1ccc(-c2cc(F)cc(F)c2N=C(C(N)=CN)C(F)(F)F)s1. The Hall–Kier alpha value is -2.42. The molecule has 0 atom stereocenters. The van der Waals surface area contributed by atoms with Gasteiger partial charge in [0.2, 0.25) is 0 Å². The highest BCUT2D eigenvalue weighted by Crippen LogP contribution is 2.38. The third kappa shape index (κ3) is 3.73. The number of halogens is 5. The van der Waals surface area contributed by atoms with E-state index in [1.54, 1.807) is 19.1 Å². The van der Waals surface area contributed by atoms with E-state index >= 15 is 0 Å². The Morgan fingerprint density at radius 3 is 2.38 bits per heavy atom. The van der Waals surface area contributed by atoms with Crippen LogP contribution in [-0.4, -0.2) is 11.9 Å². The van der Waals surface area contributed by atoms with Crippen molar-refractivity contribution in [1.29, 1.82) is 0 Å². The Morgan fingerprint density at radius 2 is 1.88 bits per heavy atom. The smallest absolute Gasteiger partial charge is 0.403 e. The normalized spacial score (nSPS) is 13.4. The third-order valence-corrected chi connectivity index (χ3v) is 4.01. The minimum Gasteiger partial charge on any atom is -0.403 e. The highest BCUT2D eigenvalue weighted by Gasteiger charge is 2.38. The zero-order valence-corrected chi connectivity index (χ0v) is 13.1. The second-order valence-electron chi connectivity index (χ2n) is 4.77. The predicted molar refractivity (Wildman–Crippen MR) is 84.0 cm³/mol. The number of nitrogens with zero attached hydrogens (tertiary/aromatic N) is 1. The highest BCUT2D eigenvalue weighted by molar-refractivity contribution is 7.15. The van der Waals surface area contributed by atoms with Gasteiger partial charge in [-0.05, 0) is 25.1 Å². The molecular formula is C15H12F5N3S. The van der Waals surface area contributed by atoms with Gasteiger partial charge in [0.05, 0.1) is 5.70 Å². The van der Waals surface area contributed by atoms with Crippen LogP contribution in [0.4, 0.5) is 27.6 Å². The van der Waals surface area contributed by atoms with Gasteiger partial charge in [0.15, 0.2) is 11.5 Å². The second kappa shape index (κ2) is 6.60. The summed E-state index contributed by atoms with van der Waals surface area (Å²) in [5, 5.41) is 0. The van der Waals surface area contributed by atoms with Crippen molar-refractivity contribution in [2.75, 3.05) is 0 Å². The number of hydrogen-bond donors (Lipinski definition) is 2. The van der Waals surface area contributed by atoms with Crippen LogP contribution in [0.25, 0.3) is 10.4 Å². The fourth-order valence-electron chi connectivity index (χ4n) is 1.93. The van der Waals surface area contributed by atoms with Gasteiger partial charge in [-0.25, -0.2) is 13.8 Å². The molecule has 128 valence electrons. The Balaban J connectivity index is 2.75. The van der Waals surface area contributed by atoms with Crippen molar-refractivity contribution in [2.45, 2.75) is 13.1 Å². The molecule has 1 heterocycles. The van der Waals surface area contributed by atoms with Crippen molar-refractivity contribution >= 4 is 22.7 Å². The molecule has 0 aliphatic rings. The maximum atomic E-state index is 14.1. The van der Waals surface area contributed by atoms with E-state index in [0.717, 1.165) is 10.9 Å². The highest BCUT2D eigenvalue weighted by atomic mass is 32.1. The molecule has 3 nitrogen and oxygen atoms in total. The van der Waals surface area contributed by atoms with E-state index in [4.69, 9.17) is 11.5 Å². The molecule has 2 rings (SSSR count). The van der Waals surface area contributed by atoms with Crippen molar-refractivity contribution in [3.05, 3.63) is 52.7 Å². The maximum Gasteiger partial charge on any atom is 0.435 e. The molecule has 0 aliphatic heterocycles. The Morgan fingerprint density at radius 1 is 1.21 bits per heavy atom. The molecule has 0 bridgehead atoms.